The molecule has 3 heterocycles. The van der Waals surface area contributed by atoms with Gasteiger partial charge in [-0.2, -0.15) is 5.10 Å². The average Bonchev–Trinajstić information content (AvgIpc) is 3.13. The van der Waals surface area contributed by atoms with E-state index in [1.165, 1.54) is 0 Å². The van der Waals surface area contributed by atoms with Gasteiger partial charge in [0.1, 0.15) is 0 Å². The predicted molar refractivity (Wildman–Crippen MR) is 84.9 cm³/mol. The van der Waals surface area contributed by atoms with E-state index in [0.717, 1.165) is 12.2 Å². The van der Waals surface area contributed by atoms with Crippen molar-refractivity contribution in [3.63, 3.8) is 0 Å². The monoisotopic (exact) mass is 320 g/mol. The van der Waals surface area contributed by atoms with Crippen LogP contribution in [0.3, 0.4) is 0 Å². The largest absolute Gasteiger partial charge is 0.378 e. The van der Waals surface area contributed by atoms with E-state index in [2.05, 4.69) is 18.9 Å². The highest BCUT2D eigenvalue weighted by Crippen LogP contribution is 2.26. The first kappa shape index (κ1) is 16.0. The Kier molecular flexibility index (Phi) is 4.66. The van der Waals surface area contributed by atoms with Crippen LogP contribution < -0.4 is 4.90 Å². The van der Waals surface area contributed by atoms with Crippen LogP contribution >= 0.6 is 0 Å². The molecule has 0 aromatic carbocycles. The van der Waals surface area contributed by atoms with Crippen molar-refractivity contribution in [2.24, 2.45) is 11.8 Å². The van der Waals surface area contributed by atoms with E-state index in [0.29, 0.717) is 38.8 Å². The Morgan fingerprint density at radius 3 is 2.83 bits per heavy atom. The van der Waals surface area contributed by atoms with Crippen LogP contribution in [-0.4, -0.2) is 59.3 Å². The van der Waals surface area contributed by atoms with Crippen LogP contribution in [0.4, 0.5) is 5.69 Å². The molecule has 0 spiro atoms. The molecule has 2 fully saturated rings. The van der Waals surface area contributed by atoms with E-state index in [9.17, 15) is 9.59 Å². The molecular weight excluding hydrogens is 296 g/mol. The molecular formula is C16H24N4O3. The van der Waals surface area contributed by atoms with E-state index in [4.69, 9.17) is 4.74 Å². The molecule has 1 aromatic heterocycles. The molecule has 2 aliphatic heterocycles. The van der Waals surface area contributed by atoms with E-state index in [1.54, 1.807) is 11.1 Å². The molecule has 2 amide bonds. The minimum absolute atomic E-state index is 0.000654. The average molecular weight is 320 g/mol. The van der Waals surface area contributed by atoms with Crippen molar-refractivity contribution in [3.8, 4) is 0 Å². The van der Waals surface area contributed by atoms with E-state index in [1.807, 2.05) is 15.8 Å². The van der Waals surface area contributed by atoms with Gasteiger partial charge < -0.3 is 14.5 Å². The fraction of sp³-hybridized carbons (Fsp3) is 0.688. The standard InChI is InChI=1S/C16H24N4O3/c1-12(2)9-19-11-14(8-17-19)20-10-13(7-15(20)21)16(22)18-3-5-23-6-4-18/h8,11-13H,3-7,9-10H2,1-2H3/t13-/m0/s1. The number of hydrogen-bond acceptors (Lipinski definition) is 4. The highest BCUT2D eigenvalue weighted by molar-refractivity contribution is 6.00. The van der Waals surface area contributed by atoms with Crippen molar-refractivity contribution < 1.29 is 14.3 Å². The Hall–Kier alpha value is -1.89. The Balaban J connectivity index is 1.65. The number of carbonyl (C=O) groups is 2. The third-order valence-electron chi connectivity index (χ3n) is 4.28. The number of aromatic nitrogens is 2. The van der Waals surface area contributed by atoms with Gasteiger partial charge in [-0.25, -0.2) is 0 Å². The second-order valence-electron chi connectivity index (χ2n) is 6.66. The lowest BCUT2D eigenvalue weighted by atomic mass is 10.1. The minimum Gasteiger partial charge on any atom is -0.378 e. The molecule has 7 nitrogen and oxygen atoms in total. The number of amides is 2. The van der Waals surface area contributed by atoms with Crippen molar-refractivity contribution in [1.29, 1.82) is 0 Å². The second kappa shape index (κ2) is 6.70. The van der Waals surface area contributed by atoms with Gasteiger partial charge in [-0.15, -0.1) is 0 Å². The molecule has 3 rings (SSSR count). The highest BCUT2D eigenvalue weighted by Gasteiger charge is 2.37. The summed E-state index contributed by atoms with van der Waals surface area (Å²) in [6.07, 6.45) is 3.88. The van der Waals surface area contributed by atoms with Crippen molar-refractivity contribution in [2.75, 3.05) is 37.7 Å². The summed E-state index contributed by atoms with van der Waals surface area (Å²) in [5.74, 6) is 0.307. The molecule has 0 bridgehead atoms. The maximum Gasteiger partial charge on any atom is 0.228 e. The first-order chi connectivity index (χ1) is 11.0. The van der Waals surface area contributed by atoms with Gasteiger partial charge >= 0.3 is 0 Å². The third kappa shape index (κ3) is 3.55. The van der Waals surface area contributed by atoms with E-state index in [-0.39, 0.29) is 24.2 Å². The summed E-state index contributed by atoms with van der Waals surface area (Å²) >= 11 is 0. The normalized spacial score (nSPS) is 22.2. The molecule has 0 saturated carbocycles. The zero-order chi connectivity index (χ0) is 16.4. The summed E-state index contributed by atoms with van der Waals surface area (Å²) < 4.78 is 7.13. The molecule has 1 atom stereocenters. The summed E-state index contributed by atoms with van der Waals surface area (Å²) in [5.41, 5.74) is 0.785. The van der Waals surface area contributed by atoms with Gasteiger partial charge in [-0.3, -0.25) is 14.3 Å². The number of carbonyl (C=O) groups excluding carboxylic acids is 2. The minimum atomic E-state index is -0.256. The van der Waals surface area contributed by atoms with Crippen LogP contribution in [0.1, 0.15) is 20.3 Å². The number of nitrogens with zero attached hydrogens (tertiary/aromatic N) is 4. The van der Waals surface area contributed by atoms with Crippen LogP contribution in [0.25, 0.3) is 0 Å². The van der Waals surface area contributed by atoms with Crippen LogP contribution in [-0.2, 0) is 20.9 Å². The fourth-order valence-corrected chi connectivity index (χ4v) is 3.13. The Labute approximate surface area is 136 Å². The maximum atomic E-state index is 12.5. The van der Waals surface area contributed by atoms with Gasteiger partial charge in [-0.1, -0.05) is 13.8 Å². The van der Waals surface area contributed by atoms with Gasteiger partial charge in [0.25, 0.3) is 0 Å². The van der Waals surface area contributed by atoms with Gasteiger partial charge in [-0.05, 0) is 5.92 Å². The summed E-state index contributed by atoms with van der Waals surface area (Å²) in [5, 5.41) is 4.31. The van der Waals surface area contributed by atoms with Gasteiger partial charge in [0.05, 0.1) is 31.0 Å². The van der Waals surface area contributed by atoms with Crippen molar-refractivity contribution in [3.05, 3.63) is 12.4 Å². The lowest BCUT2D eigenvalue weighted by Gasteiger charge is -2.29. The fourth-order valence-electron chi connectivity index (χ4n) is 3.13. The third-order valence-corrected chi connectivity index (χ3v) is 4.28. The van der Waals surface area contributed by atoms with Crippen LogP contribution in [0, 0.1) is 11.8 Å². The number of rotatable bonds is 4. The van der Waals surface area contributed by atoms with Gasteiger partial charge in [0, 0.05) is 38.8 Å². The van der Waals surface area contributed by atoms with Crippen molar-refractivity contribution in [2.45, 2.75) is 26.8 Å². The Morgan fingerprint density at radius 1 is 1.39 bits per heavy atom. The van der Waals surface area contributed by atoms with Gasteiger partial charge in [0.15, 0.2) is 0 Å². The SMILES string of the molecule is CC(C)Cn1cc(N2C[C@@H](C(=O)N3CCOCC3)CC2=O)cn1. The zero-order valence-corrected chi connectivity index (χ0v) is 13.8. The Bertz CT molecular complexity index is 578. The second-order valence-corrected chi connectivity index (χ2v) is 6.66. The van der Waals surface area contributed by atoms with Crippen LogP contribution in [0.5, 0.6) is 0 Å². The molecule has 2 aliphatic rings. The molecule has 0 aliphatic carbocycles. The van der Waals surface area contributed by atoms with Gasteiger partial charge in [0.2, 0.25) is 11.8 Å². The number of morpholine rings is 1. The molecule has 1 aromatic rings. The molecule has 0 radical (unpaired) electrons. The number of anilines is 1. The number of hydrogen-bond donors (Lipinski definition) is 0. The lowest BCUT2D eigenvalue weighted by Crippen LogP contribution is -2.44. The van der Waals surface area contributed by atoms with Crippen LogP contribution in [0.15, 0.2) is 12.4 Å². The predicted octanol–water partition coefficient (Wildman–Crippen LogP) is 0.751. The molecule has 23 heavy (non-hydrogen) atoms. The molecule has 2 saturated heterocycles. The summed E-state index contributed by atoms with van der Waals surface area (Å²) in [4.78, 5) is 28.3. The number of ether oxygens (including phenoxy) is 1. The molecule has 0 unspecified atom stereocenters. The highest BCUT2D eigenvalue weighted by atomic mass is 16.5. The van der Waals surface area contributed by atoms with Crippen LogP contribution in [0.2, 0.25) is 0 Å². The maximum absolute atomic E-state index is 12.5. The smallest absolute Gasteiger partial charge is 0.228 e. The quantitative estimate of drug-likeness (QED) is 0.821. The summed E-state index contributed by atoms with van der Waals surface area (Å²) in [7, 11) is 0. The van der Waals surface area contributed by atoms with E-state index >= 15 is 0 Å². The lowest BCUT2D eigenvalue weighted by molar-refractivity contribution is -0.139. The molecule has 7 heteroatoms. The molecule has 0 N–H and O–H groups in total. The van der Waals surface area contributed by atoms with Crippen molar-refractivity contribution in [1.82, 2.24) is 14.7 Å². The topological polar surface area (TPSA) is 67.7 Å². The first-order valence-corrected chi connectivity index (χ1v) is 8.24. The summed E-state index contributed by atoms with van der Waals surface area (Å²) in [6, 6.07) is 0. The zero-order valence-electron chi connectivity index (χ0n) is 13.8. The Morgan fingerprint density at radius 2 is 2.13 bits per heavy atom. The van der Waals surface area contributed by atoms with E-state index < -0.39 is 0 Å². The first-order valence-electron chi connectivity index (χ1n) is 8.24. The van der Waals surface area contributed by atoms with Crippen molar-refractivity contribution >= 4 is 17.5 Å². The molecule has 126 valence electrons. The summed E-state index contributed by atoms with van der Waals surface area (Å²) in [6.45, 7) is 7.92.